The number of hydrogen-bond acceptors (Lipinski definition) is 7. The molecule has 0 radical (unpaired) electrons. The molecule has 1 aromatic heterocycles. The van der Waals surface area contributed by atoms with Crippen LogP contribution in [0.15, 0.2) is 48.8 Å². The Balaban J connectivity index is 1.38. The first-order chi connectivity index (χ1) is 15.2. The second-order valence-corrected chi connectivity index (χ2v) is 7.09. The van der Waals surface area contributed by atoms with Crippen molar-refractivity contribution in [2.75, 3.05) is 58.0 Å². The van der Waals surface area contributed by atoms with Gasteiger partial charge < -0.3 is 30.6 Å². The SMILES string of the molecule is C=C1Cc2ccc(-c3ccnc(C(=O)NCCOCCOCCOCCN)c3)cc2N1. The van der Waals surface area contributed by atoms with Gasteiger partial charge in [-0.25, -0.2) is 0 Å². The maximum absolute atomic E-state index is 12.4. The van der Waals surface area contributed by atoms with Crippen LogP contribution in [0.25, 0.3) is 11.1 Å². The number of carbonyl (C=O) groups is 1. The van der Waals surface area contributed by atoms with E-state index in [2.05, 4.69) is 40.4 Å². The minimum Gasteiger partial charge on any atom is -0.378 e. The van der Waals surface area contributed by atoms with E-state index < -0.39 is 0 Å². The van der Waals surface area contributed by atoms with Crippen LogP contribution in [0.2, 0.25) is 0 Å². The summed E-state index contributed by atoms with van der Waals surface area (Å²) in [7, 11) is 0. The molecule has 0 bridgehead atoms. The van der Waals surface area contributed by atoms with E-state index in [0.717, 1.165) is 28.9 Å². The Morgan fingerprint density at radius 1 is 1.03 bits per heavy atom. The van der Waals surface area contributed by atoms with Crippen molar-refractivity contribution in [3.05, 3.63) is 60.1 Å². The lowest BCUT2D eigenvalue weighted by atomic mass is 10.0. The zero-order valence-electron chi connectivity index (χ0n) is 17.7. The molecule has 0 saturated carbocycles. The molecule has 8 nitrogen and oxygen atoms in total. The zero-order valence-corrected chi connectivity index (χ0v) is 17.7. The summed E-state index contributed by atoms with van der Waals surface area (Å²) in [5, 5.41) is 6.11. The van der Waals surface area contributed by atoms with Crippen LogP contribution in [0.4, 0.5) is 5.69 Å². The van der Waals surface area contributed by atoms with E-state index in [1.165, 1.54) is 5.56 Å². The number of aromatic nitrogens is 1. The van der Waals surface area contributed by atoms with Gasteiger partial charge >= 0.3 is 0 Å². The molecule has 3 rings (SSSR count). The van der Waals surface area contributed by atoms with Crippen molar-refractivity contribution in [1.29, 1.82) is 0 Å². The molecule has 0 saturated heterocycles. The molecule has 0 unspecified atom stereocenters. The van der Waals surface area contributed by atoms with Crippen LogP contribution in [-0.4, -0.2) is 63.6 Å². The van der Waals surface area contributed by atoms with Gasteiger partial charge in [-0.3, -0.25) is 9.78 Å². The van der Waals surface area contributed by atoms with Gasteiger partial charge in [0, 0.05) is 37.1 Å². The summed E-state index contributed by atoms with van der Waals surface area (Å²) in [6, 6.07) is 9.90. The smallest absolute Gasteiger partial charge is 0.269 e. The number of pyridine rings is 1. The number of carbonyl (C=O) groups excluding carboxylic acids is 1. The van der Waals surface area contributed by atoms with Crippen LogP contribution in [0.5, 0.6) is 0 Å². The van der Waals surface area contributed by atoms with Gasteiger partial charge in [-0.2, -0.15) is 0 Å². The van der Waals surface area contributed by atoms with Crippen LogP contribution in [0.1, 0.15) is 16.1 Å². The summed E-state index contributed by atoms with van der Waals surface area (Å²) in [5.41, 5.74) is 10.9. The van der Waals surface area contributed by atoms with Crippen LogP contribution in [0.3, 0.4) is 0 Å². The van der Waals surface area contributed by atoms with Gasteiger partial charge in [0.05, 0.1) is 39.6 Å². The normalized spacial score (nSPS) is 12.5. The lowest BCUT2D eigenvalue weighted by Gasteiger charge is -2.09. The summed E-state index contributed by atoms with van der Waals surface area (Å²) >= 11 is 0. The van der Waals surface area contributed by atoms with E-state index in [-0.39, 0.29) is 5.91 Å². The Labute approximate surface area is 182 Å². The van der Waals surface area contributed by atoms with Crippen molar-refractivity contribution in [1.82, 2.24) is 10.3 Å². The number of nitrogens with zero attached hydrogens (tertiary/aromatic N) is 1. The fourth-order valence-corrected chi connectivity index (χ4v) is 3.18. The molecule has 31 heavy (non-hydrogen) atoms. The molecule has 0 aliphatic carbocycles. The predicted molar refractivity (Wildman–Crippen MR) is 120 cm³/mol. The molecule has 0 fully saturated rings. The van der Waals surface area contributed by atoms with E-state index in [1.807, 2.05) is 6.07 Å². The number of hydrogen-bond donors (Lipinski definition) is 3. The predicted octanol–water partition coefficient (Wildman–Crippen LogP) is 1.97. The molecule has 1 aliphatic rings. The highest BCUT2D eigenvalue weighted by Crippen LogP contribution is 2.31. The van der Waals surface area contributed by atoms with Crippen molar-refractivity contribution in [3.63, 3.8) is 0 Å². The molecule has 1 aromatic carbocycles. The molecule has 2 heterocycles. The highest BCUT2D eigenvalue weighted by atomic mass is 16.5. The Morgan fingerprint density at radius 3 is 2.52 bits per heavy atom. The third-order valence-corrected chi connectivity index (χ3v) is 4.69. The molecular weight excluding hydrogens is 396 g/mol. The molecule has 0 spiro atoms. The third kappa shape index (κ3) is 7.15. The Kier molecular flexibility index (Phi) is 8.99. The molecule has 1 aliphatic heterocycles. The monoisotopic (exact) mass is 426 g/mol. The lowest BCUT2D eigenvalue weighted by Crippen LogP contribution is -2.28. The first kappa shape index (κ1) is 22.9. The highest BCUT2D eigenvalue weighted by Gasteiger charge is 2.14. The van der Waals surface area contributed by atoms with Crippen LogP contribution < -0.4 is 16.4 Å². The van der Waals surface area contributed by atoms with Crippen molar-refractivity contribution < 1.29 is 19.0 Å². The van der Waals surface area contributed by atoms with Crippen molar-refractivity contribution in [2.45, 2.75) is 6.42 Å². The lowest BCUT2D eigenvalue weighted by molar-refractivity contribution is 0.0166. The summed E-state index contributed by atoms with van der Waals surface area (Å²) in [5.74, 6) is -0.230. The van der Waals surface area contributed by atoms with Gasteiger partial charge in [0.1, 0.15) is 5.69 Å². The number of amides is 1. The van der Waals surface area contributed by atoms with E-state index in [0.29, 0.717) is 58.4 Å². The highest BCUT2D eigenvalue weighted by molar-refractivity contribution is 5.93. The average Bonchev–Trinajstić information content (AvgIpc) is 3.16. The summed E-state index contributed by atoms with van der Waals surface area (Å²) in [6.07, 6.45) is 2.49. The Morgan fingerprint density at radius 2 is 1.74 bits per heavy atom. The largest absolute Gasteiger partial charge is 0.378 e. The molecule has 0 atom stereocenters. The molecular formula is C23H30N4O4. The van der Waals surface area contributed by atoms with Crippen molar-refractivity contribution >= 4 is 11.6 Å². The second-order valence-electron chi connectivity index (χ2n) is 7.09. The van der Waals surface area contributed by atoms with Gasteiger partial charge in [-0.15, -0.1) is 0 Å². The number of allylic oxidation sites excluding steroid dienone is 1. The first-order valence-electron chi connectivity index (χ1n) is 10.4. The molecule has 8 heteroatoms. The average molecular weight is 427 g/mol. The number of benzene rings is 1. The first-order valence-corrected chi connectivity index (χ1v) is 10.4. The van der Waals surface area contributed by atoms with Gasteiger partial charge in [-0.05, 0) is 34.9 Å². The van der Waals surface area contributed by atoms with Gasteiger partial charge in [-0.1, -0.05) is 18.7 Å². The van der Waals surface area contributed by atoms with E-state index in [4.69, 9.17) is 19.9 Å². The van der Waals surface area contributed by atoms with Crippen molar-refractivity contribution in [2.24, 2.45) is 5.73 Å². The molecule has 1 amide bonds. The van der Waals surface area contributed by atoms with E-state index in [9.17, 15) is 4.79 Å². The van der Waals surface area contributed by atoms with Gasteiger partial charge in [0.2, 0.25) is 0 Å². The fourth-order valence-electron chi connectivity index (χ4n) is 3.18. The quantitative estimate of drug-likeness (QED) is 0.420. The standard InChI is InChI=1S/C23H30N4O4/c1-17-14-20-3-2-18(15-21(20)27-17)19-4-6-25-22(16-19)23(28)26-7-9-30-11-13-31-12-10-29-8-5-24/h2-4,6,15-16,27H,1,5,7-14,24H2,(H,26,28). The van der Waals surface area contributed by atoms with Crippen LogP contribution in [-0.2, 0) is 20.6 Å². The topological polar surface area (TPSA) is 108 Å². The number of anilines is 1. The third-order valence-electron chi connectivity index (χ3n) is 4.69. The fraction of sp³-hybridized carbons (Fsp3) is 0.391. The number of nitrogens with two attached hydrogens (primary N) is 1. The van der Waals surface area contributed by atoms with Gasteiger partial charge in [0.15, 0.2) is 0 Å². The number of fused-ring (bicyclic) bond motifs is 1. The summed E-state index contributed by atoms with van der Waals surface area (Å²) in [4.78, 5) is 16.6. The molecule has 4 N–H and O–H groups in total. The number of rotatable bonds is 13. The van der Waals surface area contributed by atoms with Crippen LogP contribution >= 0.6 is 0 Å². The van der Waals surface area contributed by atoms with Crippen molar-refractivity contribution in [3.8, 4) is 11.1 Å². The van der Waals surface area contributed by atoms with Gasteiger partial charge in [0.25, 0.3) is 5.91 Å². The minimum absolute atomic E-state index is 0.230. The van der Waals surface area contributed by atoms with E-state index >= 15 is 0 Å². The Bertz CT molecular complexity index is 888. The zero-order chi connectivity index (χ0) is 21.9. The maximum Gasteiger partial charge on any atom is 0.269 e. The minimum atomic E-state index is -0.230. The molecule has 166 valence electrons. The van der Waals surface area contributed by atoms with E-state index in [1.54, 1.807) is 12.3 Å². The number of nitrogens with one attached hydrogen (secondary N) is 2. The molecule has 2 aromatic rings. The maximum atomic E-state index is 12.4. The number of ether oxygens (including phenoxy) is 3. The van der Waals surface area contributed by atoms with Crippen LogP contribution in [0, 0.1) is 0 Å². The Hall–Kier alpha value is -2.78. The second kappa shape index (κ2) is 12.2. The summed E-state index contributed by atoms with van der Waals surface area (Å²) < 4.78 is 16.0. The summed E-state index contributed by atoms with van der Waals surface area (Å²) in [6.45, 7) is 7.80.